The Hall–Kier alpha value is -1.39. The molecule has 0 saturated heterocycles. The summed E-state index contributed by atoms with van der Waals surface area (Å²) in [5, 5.41) is 3.38. The van der Waals surface area contributed by atoms with Gasteiger partial charge in [-0.2, -0.15) is 0 Å². The van der Waals surface area contributed by atoms with Gasteiger partial charge in [-0.05, 0) is 31.7 Å². The van der Waals surface area contributed by atoms with E-state index in [0.717, 1.165) is 11.6 Å². The molecule has 2 atom stereocenters. The average molecular weight is 307 g/mol. The number of hydrogen-bond acceptors (Lipinski definition) is 2. The number of nitrogens with one attached hydrogen (secondary N) is 1. The molecule has 0 amide bonds. The van der Waals surface area contributed by atoms with Gasteiger partial charge >= 0.3 is 0 Å². The van der Waals surface area contributed by atoms with Crippen LogP contribution in [0.4, 0.5) is 8.78 Å². The van der Waals surface area contributed by atoms with Crippen molar-refractivity contribution in [3.05, 3.63) is 65.2 Å². The number of thioether (sulfide) groups is 1. The molecule has 1 N–H and O–H groups in total. The van der Waals surface area contributed by atoms with Gasteiger partial charge < -0.3 is 5.32 Å². The second-order valence-corrected chi connectivity index (χ2v) is 6.49. The molecule has 2 rings (SSSR count). The molecule has 0 aliphatic rings. The van der Waals surface area contributed by atoms with E-state index in [1.54, 1.807) is 0 Å². The Labute approximate surface area is 128 Å². The van der Waals surface area contributed by atoms with Gasteiger partial charge in [0.25, 0.3) is 0 Å². The van der Waals surface area contributed by atoms with Gasteiger partial charge in [-0.15, -0.1) is 11.8 Å². The molecule has 0 aliphatic heterocycles. The molecule has 112 valence electrons. The molecule has 21 heavy (non-hydrogen) atoms. The highest BCUT2D eigenvalue weighted by molar-refractivity contribution is 8.00. The first-order chi connectivity index (χ1) is 10.0. The topological polar surface area (TPSA) is 12.0 Å². The van der Waals surface area contributed by atoms with E-state index in [0.29, 0.717) is 4.90 Å². The molecular formula is C17H19F2NS. The molecule has 0 fully saturated rings. The van der Waals surface area contributed by atoms with Gasteiger partial charge in [-0.25, -0.2) is 8.78 Å². The number of hydrogen-bond donors (Lipinski definition) is 1. The number of halogens is 2. The second-order valence-electron chi connectivity index (χ2n) is 5.07. The van der Waals surface area contributed by atoms with E-state index in [9.17, 15) is 8.78 Å². The third kappa shape index (κ3) is 4.05. The zero-order chi connectivity index (χ0) is 15.4. The monoisotopic (exact) mass is 307 g/mol. The molecule has 0 spiro atoms. The van der Waals surface area contributed by atoms with Crippen LogP contribution in [0.15, 0.2) is 47.4 Å². The lowest BCUT2D eigenvalue weighted by Gasteiger charge is -2.24. The van der Waals surface area contributed by atoms with Crippen LogP contribution in [0.1, 0.15) is 24.1 Å². The normalized spacial score (nSPS) is 14.0. The Balaban J connectivity index is 2.16. The quantitative estimate of drug-likeness (QED) is 0.803. The Morgan fingerprint density at radius 2 is 1.71 bits per heavy atom. The van der Waals surface area contributed by atoms with E-state index in [1.807, 2.05) is 20.9 Å². The fraction of sp³-hybridized carbons (Fsp3) is 0.294. The molecular weight excluding hydrogens is 288 g/mol. The minimum atomic E-state index is -0.548. The van der Waals surface area contributed by atoms with Crippen LogP contribution >= 0.6 is 11.8 Å². The van der Waals surface area contributed by atoms with Crippen LogP contribution in [0, 0.1) is 18.6 Å². The molecule has 2 unspecified atom stereocenters. The summed E-state index contributed by atoms with van der Waals surface area (Å²) < 4.78 is 26.7. The first kappa shape index (κ1) is 16.0. The van der Waals surface area contributed by atoms with Gasteiger partial charge in [0.15, 0.2) is 0 Å². The molecule has 2 aromatic rings. The summed E-state index contributed by atoms with van der Waals surface area (Å²) in [7, 11) is 1.89. The zero-order valence-corrected chi connectivity index (χ0v) is 13.2. The highest BCUT2D eigenvalue weighted by Gasteiger charge is 2.20. The van der Waals surface area contributed by atoms with E-state index < -0.39 is 11.6 Å². The van der Waals surface area contributed by atoms with Crippen molar-refractivity contribution in [1.82, 2.24) is 5.32 Å². The Kier molecular flexibility index (Phi) is 5.37. The maximum absolute atomic E-state index is 13.8. The van der Waals surface area contributed by atoms with Crippen LogP contribution in [0.25, 0.3) is 0 Å². The fourth-order valence-corrected chi connectivity index (χ4v) is 3.43. The summed E-state index contributed by atoms with van der Waals surface area (Å²) in [4.78, 5) is 0.469. The number of benzene rings is 2. The highest BCUT2D eigenvalue weighted by Crippen LogP contribution is 2.33. The molecule has 1 nitrogen and oxygen atoms in total. The minimum Gasteiger partial charge on any atom is -0.312 e. The summed E-state index contributed by atoms with van der Waals surface area (Å²) in [6, 6.07) is 12.1. The summed E-state index contributed by atoms with van der Waals surface area (Å²) >= 11 is 1.41. The second kappa shape index (κ2) is 7.05. The molecule has 0 saturated carbocycles. The first-order valence-electron chi connectivity index (χ1n) is 6.87. The average Bonchev–Trinajstić information content (AvgIpc) is 2.45. The van der Waals surface area contributed by atoms with Crippen molar-refractivity contribution < 1.29 is 8.78 Å². The van der Waals surface area contributed by atoms with Gasteiger partial charge in [0.1, 0.15) is 11.6 Å². The van der Waals surface area contributed by atoms with Gasteiger partial charge in [-0.3, -0.25) is 0 Å². The number of rotatable bonds is 5. The van der Waals surface area contributed by atoms with E-state index in [2.05, 4.69) is 29.6 Å². The van der Waals surface area contributed by atoms with E-state index in [1.165, 1.54) is 29.5 Å². The van der Waals surface area contributed by atoms with Crippen molar-refractivity contribution in [2.24, 2.45) is 0 Å². The summed E-state index contributed by atoms with van der Waals surface area (Å²) in [5.74, 6) is -1.06. The van der Waals surface area contributed by atoms with Crippen LogP contribution < -0.4 is 5.32 Å². The summed E-state index contributed by atoms with van der Waals surface area (Å²) in [6.45, 7) is 4.08. The van der Waals surface area contributed by atoms with Gasteiger partial charge in [0, 0.05) is 22.3 Å². The zero-order valence-electron chi connectivity index (χ0n) is 12.4. The molecule has 0 radical (unpaired) electrons. The lowest BCUT2D eigenvalue weighted by molar-refractivity contribution is 0.561. The van der Waals surface area contributed by atoms with Crippen LogP contribution in [-0.4, -0.2) is 12.3 Å². The number of aryl methyl sites for hydroxylation is 1. The summed E-state index contributed by atoms with van der Waals surface area (Å²) in [5.41, 5.74) is 2.36. The molecule has 2 aromatic carbocycles. The van der Waals surface area contributed by atoms with Gasteiger partial charge in [-0.1, -0.05) is 36.8 Å². The Morgan fingerprint density at radius 3 is 2.29 bits per heavy atom. The van der Waals surface area contributed by atoms with E-state index in [4.69, 9.17) is 0 Å². The van der Waals surface area contributed by atoms with Crippen LogP contribution in [0.5, 0.6) is 0 Å². The van der Waals surface area contributed by atoms with Crippen LogP contribution in [0.2, 0.25) is 0 Å². The van der Waals surface area contributed by atoms with Gasteiger partial charge in [0.2, 0.25) is 0 Å². The summed E-state index contributed by atoms with van der Waals surface area (Å²) in [6.07, 6.45) is 0. The van der Waals surface area contributed by atoms with Crippen molar-refractivity contribution in [2.45, 2.75) is 30.0 Å². The molecule has 0 heterocycles. The fourth-order valence-electron chi connectivity index (χ4n) is 2.29. The predicted octanol–water partition coefficient (Wildman–Crippen LogP) is 4.71. The highest BCUT2D eigenvalue weighted by atomic mass is 32.2. The van der Waals surface area contributed by atoms with Gasteiger partial charge in [0.05, 0.1) is 0 Å². The Bertz CT molecular complexity index is 598. The third-order valence-electron chi connectivity index (χ3n) is 3.42. The smallest absolute Gasteiger partial charge is 0.139 e. The van der Waals surface area contributed by atoms with E-state index in [-0.39, 0.29) is 11.3 Å². The molecule has 0 aromatic heterocycles. The lowest BCUT2D eigenvalue weighted by Crippen LogP contribution is -2.25. The molecule has 0 bridgehead atoms. The largest absolute Gasteiger partial charge is 0.312 e. The van der Waals surface area contributed by atoms with Crippen LogP contribution in [-0.2, 0) is 0 Å². The van der Waals surface area contributed by atoms with Crippen molar-refractivity contribution in [3.8, 4) is 0 Å². The van der Waals surface area contributed by atoms with Crippen molar-refractivity contribution >= 4 is 11.8 Å². The third-order valence-corrected chi connectivity index (χ3v) is 4.65. The van der Waals surface area contributed by atoms with Crippen molar-refractivity contribution in [1.29, 1.82) is 0 Å². The molecule has 4 heteroatoms. The minimum absolute atomic E-state index is 0.0973. The predicted molar refractivity (Wildman–Crippen MR) is 84.7 cm³/mol. The van der Waals surface area contributed by atoms with Crippen molar-refractivity contribution in [2.75, 3.05) is 7.05 Å². The van der Waals surface area contributed by atoms with E-state index >= 15 is 0 Å². The molecule has 0 aliphatic carbocycles. The first-order valence-corrected chi connectivity index (χ1v) is 7.74. The van der Waals surface area contributed by atoms with Crippen LogP contribution in [0.3, 0.4) is 0 Å². The lowest BCUT2D eigenvalue weighted by atomic mass is 10.0. The standard InChI is InChI=1S/C17H19F2NS/c1-11-4-6-13(7-5-11)17(20-3)12(2)21-16-9-8-14(18)10-15(16)19/h4-10,12,17,20H,1-3H3. The SMILES string of the molecule is CNC(c1ccc(C)cc1)C(C)Sc1ccc(F)cc1F. The Morgan fingerprint density at radius 1 is 1.05 bits per heavy atom. The van der Waals surface area contributed by atoms with Crippen molar-refractivity contribution in [3.63, 3.8) is 0 Å². The maximum Gasteiger partial charge on any atom is 0.139 e. The maximum atomic E-state index is 13.8.